The van der Waals surface area contributed by atoms with Gasteiger partial charge in [0.2, 0.25) is 0 Å². The number of aryl methyl sites for hydroxylation is 1. The monoisotopic (exact) mass is 315 g/mol. The van der Waals surface area contributed by atoms with E-state index in [0.29, 0.717) is 17.0 Å². The first kappa shape index (κ1) is 17.4. The molecule has 1 aromatic heterocycles. The average Bonchev–Trinajstić information content (AvgIpc) is 2.41. The number of rotatable bonds is 6. The summed E-state index contributed by atoms with van der Waals surface area (Å²) in [6.45, 7) is 5.14. The van der Waals surface area contributed by atoms with Crippen LogP contribution in [0.5, 0.6) is 5.75 Å². The number of carbonyl (C=O) groups is 1. The second-order valence-corrected chi connectivity index (χ2v) is 7.13. The van der Waals surface area contributed by atoms with E-state index in [1.807, 2.05) is 6.92 Å². The van der Waals surface area contributed by atoms with Gasteiger partial charge in [-0.25, -0.2) is 8.42 Å². The van der Waals surface area contributed by atoms with Crippen LogP contribution in [0.2, 0.25) is 0 Å². The molecule has 0 saturated carbocycles. The summed E-state index contributed by atoms with van der Waals surface area (Å²) in [4.78, 5) is 15.5. The molecule has 1 aromatic rings. The molecule has 0 N–H and O–H groups in total. The fraction of sp³-hybridized carbons (Fsp3) is 0.571. The minimum absolute atomic E-state index is 0.225. The van der Waals surface area contributed by atoms with Crippen molar-refractivity contribution in [1.29, 1.82) is 0 Å². The van der Waals surface area contributed by atoms with Crippen molar-refractivity contribution in [2.75, 3.05) is 20.0 Å². The molecule has 21 heavy (non-hydrogen) atoms. The summed E-state index contributed by atoms with van der Waals surface area (Å²) in [5, 5.41) is 0. The van der Waals surface area contributed by atoms with Gasteiger partial charge in [-0.3, -0.25) is 9.78 Å². The van der Waals surface area contributed by atoms with E-state index in [1.165, 1.54) is 21.1 Å². The minimum atomic E-state index is -3.47. The van der Waals surface area contributed by atoms with Gasteiger partial charge in [-0.1, -0.05) is 6.92 Å². The Morgan fingerprint density at radius 1 is 1.33 bits per heavy atom. The molecule has 1 unspecified atom stereocenters. The molecule has 0 saturated heterocycles. The highest BCUT2D eigenvalue weighted by atomic mass is 32.2. The molecule has 1 heterocycles. The first-order valence-corrected chi connectivity index (χ1v) is 8.31. The van der Waals surface area contributed by atoms with Crippen molar-refractivity contribution in [1.82, 2.24) is 4.98 Å². The van der Waals surface area contributed by atoms with E-state index in [-0.39, 0.29) is 11.5 Å². The lowest BCUT2D eigenvalue weighted by molar-refractivity contribution is -0.144. The molecule has 0 fully saturated rings. The Kier molecular flexibility index (Phi) is 5.71. The first-order valence-electron chi connectivity index (χ1n) is 6.49. The third-order valence-corrected chi connectivity index (χ3v) is 4.94. The lowest BCUT2D eigenvalue weighted by atomic mass is 10.1. The maximum Gasteiger partial charge on any atom is 0.309 e. The second kappa shape index (κ2) is 6.89. The number of carbonyl (C=O) groups excluding carboxylic acids is 1. The van der Waals surface area contributed by atoms with Gasteiger partial charge in [0.15, 0.2) is 9.84 Å². The highest BCUT2D eigenvalue weighted by molar-refractivity contribution is 7.90. The Labute approximate surface area is 125 Å². The maximum atomic E-state index is 12.2. The van der Waals surface area contributed by atoms with Crippen molar-refractivity contribution in [3.05, 3.63) is 23.0 Å². The molecular weight excluding hydrogens is 294 g/mol. The summed E-state index contributed by atoms with van der Waals surface area (Å²) >= 11 is 0. The van der Waals surface area contributed by atoms with Crippen molar-refractivity contribution in [2.24, 2.45) is 5.92 Å². The quantitative estimate of drug-likeness (QED) is 0.739. The van der Waals surface area contributed by atoms with Gasteiger partial charge in [0.05, 0.1) is 37.3 Å². The number of hydrogen-bond donors (Lipinski definition) is 0. The van der Waals surface area contributed by atoms with Crippen LogP contribution in [0.25, 0.3) is 0 Å². The van der Waals surface area contributed by atoms with Crippen molar-refractivity contribution in [3.63, 3.8) is 0 Å². The van der Waals surface area contributed by atoms with Crippen molar-refractivity contribution in [3.8, 4) is 5.75 Å². The van der Waals surface area contributed by atoms with E-state index in [1.54, 1.807) is 13.1 Å². The normalized spacial score (nSPS) is 12.8. The fourth-order valence-electron chi connectivity index (χ4n) is 2.13. The minimum Gasteiger partial charge on any atom is -0.496 e. The third kappa shape index (κ3) is 4.42. The summed E-state index contributed by atoms with van der Waals surface area (Å²) < 4.78 is 34.2. The molecule has 0 aromatic carbocycles. The Balaban J connectivity index is 2.97. The highest BCUT2D eigenvalue weighted by Gasteiger charge is 2.24. The second-order valence-electron chi connectivity index (χ2n) is 5.02. The van der Waals surface area contributed by atoms with Gasteiger partial charge in [0.1, 0.15) is 5.75 Å². The van der Waals surface area contributed by atoms with Crippen LogP contribution in [-0.4, -0.2) is 39.3 Å². The lowest BCUT2D eigenvalue weighted by Gasteiger charge is -2.13. The van der Waals surface area contributed by atoms with Crippen LogP contribution >= 0.6 is 0 Å². The summed E-state index contributed by atoms with van der Waals surface area (Å²) in [7, 11) is -0.695. The number of pyridine rings is 1. The Hall–Kier alpha value is -1.63. The van der Waals surface area contributed by atoms with Crippen LogP contribution in [0.15, 0.2) is 6.20 Å². The predicted octanol–water partition coefficient (Wildman–Crippen LogP) is 1.43. The molecule has 0 radical (unpaired) electrons. The van der Waals surface area contributed by atoms with Crippen LogP contribution in [0, 0.1) is 19.8 Å². The molecule has 0 aliphatic carbocycles. The Bertz CT molecular complexity index is 624. The van der Waals surface area contributed by atoms with E-state index in [0.717, 1.165) is 5.56 Å². The largest absolute Gasteiger partial charge is 0.496 e. The number of nitrogens with zero attached hydrogens (tertiary/aromatic N) is 1. The number of esters is 1. The molecule has 0 aliphatic rings. The maximum absolute atomic E-state index is 12.2. The zero-order chi connectivity index (χ0) is 16.2. The van der Waals surface area contributed by atoms with Crippen LogP contribution in [-0.2, 0) is 25.1 Å². The standard InChI is InChI=1S/C14H21NO5S/c1-9-6-15-12(11(3)13(9)19-4)8-21(17,18)7-10(2)14(16)20-5/h6,10H,7-8H2,1-5H3. The summed E-state index contributed by atoms with van der Waals surface area (Å²) in [5.74, 6) is -1.10. The lowest BCUT2D eigenvalue weighted by Crippen LogP contribution is -2.24. The Morgan fingerprint density at radius 3 is 2.48 bits per heavy atom. The topological polar surface area (TPSA) is 82.6 Å². The van der Waals surface area contributed by atoms with Gasteiger partial charge in [-0.2, -0.15) is 0 Å². The van der Waals surface area contributed by atoms with E-state index in [2.05, 4.69) is 9.72 Å². The van der Waals surface area contributed by atoms with Gasteiger partial charge in [0.25, 0.3) is 0 Å². The molecular formula is C14H21NO5S. The zero-order valence-corrected chi connectivity index (χ0v) is 13.8. The molecule has 6 nitrogen and oxygen atoms in total. The first-order chi connectivity index (χ1) is 9.71. The SMILES string of the molecule is COC(=O)C(C)CS(=O)(=O)Cc1ncc(C)c(OC)c1C. The summed E-state index contributed by atoms with van der Waals surface area (Å²) in [5.41, 5.74) is 1.99. The van der Waals surface area contributed by atoms with Crippen LogP contribution in [0.4, 0.5) is 0 Å². The van der Waals surface area contributed by atoms with Gasteiger partial charge in [-0.05, 0) is 13.8 Å². The number of methoxy groups -OCH3 is 2. The molecule has 0 bridgehead atoms. The fourth-order valence-corrected chi connectivity index (χ4v) is 3.86. The van der Waals surface area contributed by atoms with Gasteiger partial charge < -0.3 is 9.47 Å². The number of aromatic nitrogens is 1. The molecule has 1 rings (SSSR count). The molecule has 7 heteroatoms. The summed E-state index contributed by atoms with van der Waals surface area (Å²) in [6, 6.07) is 0. The van der Waals surface area contributed by atoms with Crippen molar-refractivity contribution < 1.29 is 22.7 Å². The highest BCUT2D eigenvalue weighted by Crippen LogP contribution is 2.25. The molecule has 0 amide bonds. The van der Waals surface area contributed by atoms with E-state index in [9.17, 15) is 13.2 Å². The van der Waals surface area contributed by atoms with E-state index < -0.39 is 21.7 Å². The van der Waals surface area contributed by atoms with Crippen molar-refractivity contribution >= 4 is 15.8 Å². The zero-order valence-electron chi connectivity index (χ0n) is 13.0. The predicted molar refractivity (Wildman–Crippen MR) is 78.9 cm³/mol. The van der Waals surface area contributed by atoms with Crippen molar-refractivity contribution in [2.45, 2.75) is 26.5 Å². The van der Waals surface area contributed by atoms with E-state index >= 15 is 0 Å². The third-order valence-electron chi connectivity index (χ3n) is 3.21. The van der Waals surface area contributed by atoms with Crippen LogP contribution in [0.3, 0.4) is 0 Å². The molecule has 1 atom stereocenters. The average molecular weight is 315 g/mol. The van der Waals surface area contributed by atoms with E-state index in [4.69, 9.17) is 4.74 Å². The summed E-state index contributed by atoms with van der Waals surface area (Å²) in [6.07, 6.45) is 1.58. The molecule has 0 spiro atoms. The van der Waals surface area contributed by atoms with Crippen LogP contribution in [0.1, 0.15) is 23.7 Å². The molecule has 118 valence electrons. The van der Waals surface area contributed by atoms with Crippen LogP contribution < -0.4 is 4.74 Å². The smallest absolute Gasteiger partial charge is 0.309 e. The number of hydrogen-bond acceptors (Lipinski definition) is 6. The Morgan fingerprint density at radius 2 is 1.95 bits per heavy atom. The van der Waals surface area contributed by atoms with Gasteiger partial charge in [-0.15, -0.1) is 0 Å². The molecule has 0 aliphatic heterocycles. The number of ether oxygens (including phenoxy) is 2. The van der Waals surface area contributed by atoms with Gasteiger partial charge in [0, 0.05) is 17.3 Å². The number of sulfone groups is 1. The van der Waals surface area contributed by atoms with Gasteiger partial charge >= 0.3 is 5.97 Å².